The minimum Gasteiger partial charge on any atom is -0.486 e. The summed E-state index contributed by atoms with van der Waals surface area (Å²) in [6.45, 7) is 0.349. The maximum atomic E-state index is 8.98. The molecule has 19 heavy (non-hydrogen) atoms. The molecule has 5 heteroatoms. The summed E-state index contributed by atoms with van der Waals surface area (Å²) in [5.74, 6) is 0.485. The van der Waals surface area contributed by atoms with Crippen LogP contribution < -0.4 is 4.74 Å². The van der Waals surface area contributed by atoms with E-state index in [9.17, 15) is 0 Å². The molecule has 3 aromatic rings. The molecule has 0 aromatic carbocycles. The Morgan fingerprint density at radius 3 is 3.11 bits per heavy atom. The Hall–Kier alpha value is -2.87. The smallest absolute Gasteiger partial charge is 0.155 e. The summed E-state index contributed by atoms with van der Waals surface area (Å²) in [7, 11) is 0. The lowest BCUT2D eigenvalue weighted by molar-refractivity contribution is 0.305. The van der Waals surface area contributed by atoms with Gasteiger partial charge in [-0.2, -0.15) is 5.26 Å². The Morgan fingerprint density at radius 2 is 2.21 bits per heavy atom. The van der Waals surface area contributed by atoms with Crippen LogP contribution in [0, 0.1) is 11.3 Å². The Balaban J connectivity index is 1.87. The molecule has 0 aliphatic rings. The van der Waals surface area contributed by atoms with Gasteiger partial charge in [-0.15, -0.1) is 0 Å². The molecule has 0 saturated carbocycles. The van der Waals surface area contributed by atoms with Crippen LogP contribution in [0.15, 0.2) is 49.2 Å². The van der Waals surface area contributed by atoms with Gasteiger partial charge in [0.2, 0.25) is 0 Å². The zero-order valence-electron chi connectivity index (χ0n) is 10.0. The highest BCUT2D eigenvalue weighted by Crippen LogP contribution is 2.18. The van der Waals surface area contributed by atoms with E-state index in [1.54, 1.807) is 24.7 Å². The fourth-order valence-corrected chi connectivity index (χ4v) is 1.86. The predicted molar refractivity (Wildman–Crippen MR) is 68.5 cm³/mol. The van der Waals surface area contributed by atoms with Crippen molar-refractivity contribution in [2.45, 2.75) is 6.61 Å². The van der Waals surface area contributed by atoms with E-state index in [2.05, 4.69) is 16.0 Å². The van der Waals surface area contributed by atoms with Crippen LogP contribution in [0.5, 0.6) is 5.75 Å². The SMILES string of the molecule is N#Cc1ccncc1OCc1cccn2ccnc12. The zero-order chi connectivity index (χ0) is 13.1. The third kappa shape index (κ3) is 2.11. The molecule has 0 bridgehead atoms. The molecule has 5 nitrogen and oxygen atoms in total. The van der Waals surface area contributed by atoms with Crippen molar-refractivity contribution in [1.82, 2.24) is 14.4 Å². The van der Waals surface area contributed by atoms with Gasteiger partial charge in [-0.05, 0) is 12.1 Å². The average molecular weight is 250 g/mol. The number of hydrogen-bond acceptors (Lipinski definition) is 4. The molecular formula is C14H10N4O. The van der Waals surface area contributed by atoms with E-state index < -0.39 is 0 Å². The second-order valence-corrected chi connectivity index (χ2v) is 3.96. The first-order valence-corrected chi connectivity index (χ1v) is 5.76. The highest BCUT2D eigenvalue weighted by Gasteiger charge is 2.06. The van der Waals surface area contributed by atoms with Gasteiger partial charge in [0.25, 0.3) is 0 Å². The number of hydrogen-bond donors (Lipinski definition) is 0. The second kappa shape index (κ2) is 4.78. The lowest BCUT2D eigenvalue weighted by Crippen LogP contribution is -2.00. The van der Waals surface area contributed by atoms with E-state index >= 15 is 0 Å². The molecule has 0 spiro atoms. The first-order valence-electron chi connectivity index (χ1n) is 5.76. The lowest BCUT2D eigenvalue weighted by Gasteiger charge is -2.07. The summed E-state index contributed by atoms with van der Waals surface area (Å²) < 4.78 is 7.58. The average Bonchev–Trinajstić information content (AvgIpc) is 2.94. The number of rotatable bonds is 3. The fourth-order valence-electron chi connectivity index (χ4n) is 1.86. The van der Waals surface area contributed by atoms with Gasteiger partial charge >= 0.3 is 0 Å². The molecule has 92 valence electrons. The first-order chi connectivity index (χ1) is 9.38. The van der Waals surface area contributed by atoms with E-state index in [-0.39, 0.29) is 0 Å². The van der Waals surface area contributed by atoms with E-state index in [0.717, 1.165) is 11.2 Å². The number of imidazole rings is 1. The third-order valence-corrected chi connectivity index (χ3v) is 2.79. The minimum atomic E-state index is 0.349. The zero-order valence-corrected chi connectivity index (χ0v) is 10.0. The van der Waals surface area contributed by atoms with Crippen LogP contribution in [0.4, 0.5) is 0 Å². The first kappa shape index (κ1) is 11.2. The van der Waals surface area contributed by atoms with E-state index in [4.69, 9.17) is 10.00 Å². The van der Waals surface area contributed by atoms with Crippen LogP contribution in [-0.4, -0.2) is 14.4 Å². The van der Waals surface area contributed by atoms with Crippen molar-refractivity contribution in [3.63, 3.8) is 0 Å². The Bertz CT molecular complexity index is 757. The summed E-state index contributed by atoms with van der Waals surface area (Å²) in [6, 6.07) is 7.59. The molecule has 3 heterocycles. The standard InChI is InChI=1S/C14H10N4O/c15-8-11-3-4-16-9-13(11)19-10-12-2-1-6-18-7-5-17-14(12)18/h1-7,9H,10H2. The fraction of sp³-hybridized carbons (Fsp3) is 0.0714. The molecule has 0 amide bonds. The Labute approximate surface area is 109 Å². The molecular weight excluding hydrogens is 240 g/mol. The third-order valence-electron chi connectivity index (χ3n) is 2.79. The van der Waals surface area contributed by atoms with E-state index in [1.165, 1.54) is 0 Å². The maximum absolute atomic E-state index is 8.98. The number of nitriles is 1. The van der Waals surface area contributed by atoms with Gasteiger partial charge in [-0.25, -0.2) is 4.98 Å². The van der Waals surface area contributed by atoms with Gasteiger partial charge in [0, 0.05) is 30.4 Å². The van der Waals surface area contributed by atoms with Gasteiger partial charge < -0.3 is 9.14 Å². The van der Waals surface area contributed by atoms with Crippen molar-refractivity contribution in [3.8, 4) is 11.8 Å². The van der Waals surface area contributed by atoms with Gasteiger partial charge in [-0.3, -0.25) is 4.98 Å². The largest absolute Gasteiger partial charge is 0.486 e. The van der Waals surface area contributed by atoms with Crippen LogP contribution in [0.1, 0.15) is 11.1 Å². The normalized spacial score (nSPS) is 10.3. The summed E-state index contributed by atoms with van der Waals surface area (Å²) in [5.41, 5.74) is 2.29. The molecule has 0 N–H and O–H groups in total. The highest BCUT2D eigenvalue weighted by atomic mass is 16.5. The Morgan fingerprint density at radius 1 is 1.26 bits per heavy atom. The monoisotopic (exact) mass is 250 g/mol. The van der Waals surface area contributed by atoms with Crippen LogP contribution in [-0.2, 0) is 6.61 Å². The van der Waals surface area contributed by atoms with Gasteiger partial charge in [-0.1, -0.05) is 6.07 Å². The summed E-state index contributed by atoms with van der Waals surface area (Å²) in [4.78, 5) is 8.24. The highest BCUT2D eigenvalue weighted by molar-refractivity contribution is 5.47. The molecule has 0 radical (unpaired) electrons. The molecule has 0 unspecified atom stereocenters. The van der Waals surface area contributed by atoms with E-state index in [1.807, 2.05) is 28.9 Å². The number of aromatic nitrogens is 3. The molecule has 0 aliphatic heterocycles. The van der Waals surface area contributed by atoms with Crippen molar-refractivity contribution in [3.05, 3.63) is 60.3 Å². The van der Waals surface area contributed by atoms with Gasteiger partial charge in [0.05, 0.1) is 11.8 Å². The van der Waals surface area contributed by atoms with Crippen molar-refractivity contribution in [2.75, 3.05) is 0 Å². The van der Waals surface area contributed by atoms with Crippen molar-refractivity contribution in [2.24, 2.45) is 0 Å². The van der Waals surface area contributed by atoms with Gasteiger partial charge in [0.1, 0.15) is 18.3 Å². The van der Waals surface area contributed by atoms with Crippen molar-refractivity contribution in [1.29, 1.82) is 5.26 Å². The Kier molecular flexibility index (Phi) is 2.83. The summed E-state index contributed by atoms with van der Waals surface area (Å²) >= 11 is 0. The molecule has 0 atom stereocenters. The number of pyridine rings is 2. The van der Waals surface area contributed by atoms with Crippen molar-refractivity contribution < 1.29 is 4.74 Å². The predicted octanol–water partition coefficient (Wildman–Crippen LogP) is 2.18. The van der Waals surface area contributed by atoms with Gasteiger partial charge in [0.15, 0.2) is 5.75 Å². The van der Waals surface area contributed by atoms with Crippen LogP contribution in [0.2, 0.25) is 0 Å². The number of fused-ring (bicyclic) bond motifs is 1. The summed E-state index contributed by atoms with van der Waals surface area (Å²) in [5, 5.41) is 8.98. The van der Waals surface area contributed by atoms with Crippen molar-refractivity contribution >= 4 is 5.65 Å². The molecule has 3 rings (SSSR count). The molecule has 0 aliphatic carbocycles. The summed E-state index contributed by atoms with van der Waals surface area (Å²) in [6.07, 6.45) is 8.66. The molecule has 3 aromatic heterocycles. The number of nitrogens with zero attached hydrogens (tertiary/aromatic N) is 4. The molecule has 0 fully saturated rings. The van der Waals surface area contributed by atoms with E-state index in [0.29, 0.717) is 17.9 Å². The van der Waals surface area contributed by atoms with Crippen LogP contribution >= 0.6 is 0 Å². The van der Waals surface area contributed by atoms with Crippen LogP contribution in [0.3, 0.4) is 0 Å². The maximum Gasteiger partial charge on any atom is 0.155 e. The number of ether oxygens (including phenoxy) is 1. The minimum absolute atomic E-state index is 0.349. The second-order valence-electron chi connectivity index (χ2n) is 3.96. The topological polar surface area (TPSA) is 63.2 Å². The molecule has 0 saturated heterocycles. The quantitative estimate of drug-likeness (QED) is 0.714. The van der Waals surface area contributed by atoms with Crippen LogP contribution in [0.25, 0.3) is 5.65 Å². The lowest BCUT2D eigenvalue weighted by atomic mass is 10.2.